The number of aliphatic carboxylic acids is 1. The minimum absolute atomic E-state index is 0.0734. The highest BCUT2D eigenvalue weighted by Crippen LogP contribution is 2.63. The number of ether oxygens (including phenoxy) is 1. The van der Waals surface area contributed by atoms with Gasteiger partial charge in [0.25, 0.3) is 0 Å². The van der Waals surface area contributed by atoms with Crippen LogP contribution >= 0.6 is 7.60 Å². The molecule has 33 heavy (non-hydrogen) atoms. The minimum atomic E-state index is -4.81. The first kappa shape index (κ1) is 26.1. The monoisotopic (exact) mass is 477 g/mol. The number of hydrogen-bond acceptors (Lipinski definition) is 6. The molecule has 2 atom stereocenters. The Morgan fingerprint density at radius 1 is 1.15 bits per heavy atom. The Balaban J connectivity index is 2.46. The predicted molar refractivity (Wildman–Crippen MR) is 123 cm³/mol. The molecule has 2 rings (SSSR count). The quantitative estimate of drug-likeness (QED) is 0.229. The van der Waals surface area contributed by atoms with Crippen LogP contribution in [0.15, 0.2) is 59.6 Å². The number of nitrogens with one attached hydrogen (secondary N) is 1. The van der Waals surface area contributed by atoms with Crippen LogP contribution in [0, 0.1) is 5.92 Å². The van der Waals surface area contributed by atoms with E-state index in [1.54, 1.807) is 57.2 Å². The van der Waals surface area contributed by atoms with Gasteiger partial charge in [-0.05, 0) is 36.1 Å². The summed E-state index contributed by atoms with van der Waals surface area (Å²) in [7, 11) is -4.81. The van der Waals surface area contributed by atoms with Crippen molar-refractivity contribution in [1.29, 1.82) is 0 Å². The average Bonchev–Trinajstić information content (AvgIpc) is 2.75. The number of amidine groups is 1. The van der Waals surface area contributed by atoms with E-state index in [0.717, 1.165) is 5.56 Å². The van der Waals surface area contributed by atoms with Crippen LogP contribution in [0.5, 0.6) is 0 Å². The topological polar surface area (TPSA) is 161 Å². The molecule has 0 bridgehead atoms. The maximum Gasteiger partial charge on any atom is 0.408 e. The van der Waals surface area contributed by atoms with Crippen molar-refractivity contribution in [2.75, 3.05) is 6.61 Å². The van der Waals surface area contributed by atoms with Crippen LogP contribution in [0.4, 0.5) is 10.5 Å². The van der Waals surface area contributed by atoms with Gasteiger partial charge in [0.1, 0.15) is 6.61 Å². The molecule has 10 nitrogen and oxygen atoms in total. The number of rotatable bonds is 10. The molecular formula is C22H28N3O7P. The first-order valence-corrected chi connectivity index (χ1v) is 11.6. The smallest absolute Gasteiger partial charge is 0.408 e. The number of carboxylic acids is 1. The van der Waals surface area contributed by atoms with Gasteiger partial charge in [0, 0.05) is 0 Å². The molecule has 178 valence electrons. The molecule has 0 radical (unpaired) electrons. The number of amides is 1. The lowest BCUT2D eigenvalue weighted by molar-refractivity contribution is -0.139. The molecule has 0 saturated carbocycles. The van der Waals surface area contributed by atoms with E-state index in [4.69, 9.17) is 20.1 Å². The van der Waals surface area contributed by atoms with Crippen molar-refractivity contribution in [1.82, 2.24) is 5.32 Å². The zero-order valence-corrected chi connectivity index (χ0v) is 19.5. The molecule has 0 fully saturated rings. The second-order valence-corrected chi connectivity index (χ2v) is 9.60. The first-order valence-electron chi connectivity index (χ1n) is 10.1. The zero-order chi connectivity index (χ0) is 24.6. The number of nitrogens with zero attached hydrogens (tertiary/aromatic N) is 1. The summed E-state index contributed by atoms with van der Waals surface area (Å²) in [5.41, 5.74) is 7.01. The van der Waals surface area contributed by atoms with Crippen LogP contribution < -0.4 is 11.1 Å². The van der Waals surface area contributed by atoms with Gasteiger partial charge in [0.15, 0.2) is 11.9 Å². The van der Waals surface area contributed by atoms with E-state index in [1.165, 1.54) is 12.1 Å². The Labute approximate surface area is 192 Å². The van der Waals surface area contributed by atoms with E-state index in [-0.39, 0.29) is 12.2 Å². The van der Waals surface area contributed by atoms with Gasteiger partial charge < -0.3 is 25.8 Å². The van der Waals surface area contributed by atoms with Crippen molar-refractivity contribution in [2.45, 2.75) is 32.7 Å². The van der Waals surface area contributed by atoms with Crippen molar-refractivity contribution in [3.8, 4) is 0 Å². The normalized spacial score (nSPS) is 15.4. The van der Waals surface area contributed by atoms with E-state index in [1.807, 2.05) is 6.07 Å². The molecule has 0 aliphatic rings. The standard InChI is InChI=1S/C22H28N3O7P/c1-15(2)22(33(29,30)32-14-20(26)27,18-9-11-19(12-10-18)24-16(3)23)25-21(28)31-13-17-7-5-4-6-8-17/h4-12,15H,13-14H2,1-3H3,(H2,23,24)(H,25,28)(H,26,27)(H,29,30). The Bertz CT molecular complexity index is 1040. The highest BCUT2D eigenvalue weighted by molar-refractivity contribution is 7.54. The molecule has 11 heteroatoms. The summed E-state index contributed by atoms with van der Waals surface area (Å²) in [6.45, 7) is 3.70. The first-order chi connectivity index (χ1) is 15.5. The Hall–Kier alpha value is -3.20. The third kappa shape index (κ3) is 6.64. The number of nitrogens with two attached hydrogens (primary N) is 1. The number of carboxylic acid groups (broad SMARTS) is 1. The molecule has 2 aromatic rings. The fourth-order valence-corrected chi connectivity index (χ4v) is 5.11. The van der Waals surface area contributed by atoms with Crippen molar-refractivity contribution in [3.05, 3.63) is 65.7 Å². The average molecular weight is 477 g/mol. The molecule has 0 aromatic heterocycles. The SMILES string of the molecule is CC(N)=Nc1ccc(C(NC(=O)OCc2ccccc2)(C(C)C)P(=O)(O)OCC(=O)O)cc1. The number of alkyl carbamates (subject to hydrolysis) is 1. The summed E-state index contributed by atoms with van der Waals surface area (Å²) in [4.78, 5) is 38.8. The number of carbonyl (C=O) groups excluding carboxylic acids is 1. The second kappa shape index (κ2) is 11.1. The number of hydrogen-bond donors (Lipinski definition) is 4. The molecule has 0 saturated heterocycles. The van der Waals surface area contributed by atoms with Crippen LogP contribution in [-0.4, -0.2) is 34.5 Å². The number of aliphatic imine (C=N–C) groups is 1. The van der Waals surface area contributed by atoms with Crippen molar-refractivity contribution in [3.63, 3.8) is 0 Å². The highest BCUT2D eigenvalue weighted by Gasteiger charge is 2.54. The van der Waals surface area contributed by atoms with Crippen molar-refractivity contribution in [2.24, 2.45) is 16.6 Å². The summed E-state index contributed by atoms with van der Waals surface area (Å²) >= 11 is 0. The van der Waals surface area contributed by atoms with Crippen LogP contribution in [0.25, 0.3) is 0 Å². The maximum absolute atomic E-state index is 13.4. The molecule has 0 aliphatic carbocycles. The lowest BCUT2D eigenvalue weighted by atomic mass is 9.95. The number of benzene rings is 2. The lowest BCUT2D eigenvalue weighted by Crippen LogP contribution is -2.50. The molecule has 1 amide bonds. The zero-order valence-electron chi connectivity index (χ0n) is 18.6. The van der Waals surface area contributed by atoms with Crippen LogP contribution in [-0.2, 0) is 30.5 Å². The second-order valence-electron chi connectivity index (χ2n) is 7.60. The molecule has 5 N–H and O–H groups in total. The Morgan fingerprint density at radius 2 is 1.76 bits per heavy atom. The summed E-state index contributed by atoms with van der Waals surface area (Å²) < 4.78 is 23.6. The lowest BCUT2D eigenvalue weighted by Gasteiger charge is -2.40. The van der Waals surface area contributed by atoms with Gasteiger partial charge in [0.2, 0.25) is 0 Å². The molecular weight excluding hydrogens is 449 g/mol. The van der Waals surface area contributed by atoms with E-state index >= 15 is 0 Å². The van der Waals surface area contributed by atoms with Gasteiger partial charge in [0.05, 0.1) is 11.5 Å². The summed E-state index contributed by atoms with van der Waals surface area (Å²) in [5, 5.41) is 9.45. The van der Waals surface area contributed by atoms with Gasteiger partial charge >= 0.3 is 19.7 Å². The van der Waals surface area contributed by atoms with Gasteiger partial charge in [-0.3, -0.25) is 9.09 Å². The van der Waals surface area contributed by atoms with Crippen LogP contribution in [0.1, 0.15) is 31.9 Å². The molecule has 2 unspecified atom stereocenters. The summed E-state index contributed by atoms with van der Waals surface area (Å²) in [6, 6.07) is 15.0. The van der Waals surface area contributed by atoms with Crippen molar-refractivity contribution >= 4 is 31.2 Å². The third-order valence-corrected chi connectivity index (χ3v) is 7.02. The molecule has 2 aromatic carbocycles. The Kier molecular flexibility index (Phi) is 8.76. The minimum Gasteiger partial charge on any atom is -0.480 e. The Morgan fingerprint density at radius 3 is 2.27 bits per heavy atom. The number of carbonyl (C=O) groups is 2. The van der Waals surface area contributed by atoms with E-state index in [2.05, 4.69) is 10.3 Å². The molecule has 0 heterocycles. The molecule has 0 spiro atoms. The van der Waals surface area contributed by atoms with Gasteiger partial charge in [-0.2, -0.15) is 0 Å². The highest BCUT2D eigenvalue weighted by atomic mass is 31.2. The van der Waals surface area contributed by atoms with Gasteiger partial charge in [-0.25, -0.2) is 14.6 Å². The van der Waals surface area contributed by atoms with Crippen molar-refractivity contribution < 1.29 is 33.4 Å². The van der Waals surface area contributed by atoms with E-state index in [9.17, 15) is 19.0 Å². The predicted octanol–water partition coefficient (Wildman–Crippen LogP) is 3.72. The molecule has 0 aliphatic heterocycles. The van der Waals surface area contributed by atoms with Gasteiger partial charge in [-0.15, -0.1) is 0 Å². The van der Waals surface area contributed by atoms with Gasteiger partial charge in [-0.1, -0.05) is 56.3 Å². The van der Waals surface area contributed by atoms with Crippen LogP contribution in [0.3, 0.4) is 0 Å². The fraction of sp³-hybridized carbons (Fsp3) is 0.318. The van der Waals surface area contributed by atoms with E-state index < -0.39 is 37.5 Å². The fourth-order valence-electron chi connectivity index (χ4n) is 3.26. The summed E-state index contributed by atoms with van der Waals surface area (Å²) in [5.74, 6) is -1.83. The largest absolute Gasteiger partial charge is 0.480 e. The third-order valence-electron chi connectivity index (χ3n) is 4.76. The van der Waals surface area contributed by atoms with E-state index in [0.29, 0.717) is 11.5 Å². The van der Waals surface area contributed by atoms with Crippen LogP contribution in [0.2, 0.25) is 0 Å². The maximum atomic E-state index is 13.4. The summed E-state index contributed by atoms with van der Waals surface area (Å²) in [6.07, 6.45) is -0.972.